The predicted octanol–water partition coefficient (Wildman–Crippen LogP) is 11.4. The van der Waals surface area contributed by atoms with Crippen LogP contribution in [0, 0.1) is 0 Å². The Morgan fingerprint density at radius 1 is 0.750 bits per heavy atom. The van der Waals surface area contributed by atoms with Gasteiger partial charge in [-0.15, -0.1) is 0 Å². The van der Waals surface area contributed by atoms with Crippen molar-refractivity contribution >= 4 is 22.9 Å². The van der Waals surface area contributed by atoms with Crippen molar-refractivity contribution < 1.29 is 0 Å². The van der Waals surface area contributed by atoms with E-state index in [1.165, 1.54) is 52.7 Å². The summed E-state index contributed by atoms with van der Waals surface area (Å²) >= 11 is 0. The van der Waals surface area contributed by atoms with Gasteiger partial charge in [-0.1, -0.05) is 141 Å². The molecule has 3 aliphatic carbocycles. The molecular weight excluding hydrogens is 583 g/mol. The highest BCUT2D eigenvalue weighted by Crippen LogP contribution is 2.45. The van der Waals surface area contributed by atoms with Gasteiger partial charge in [-0.2, -0.15) is 0 Å². The van der Waals surface area contributed by atoms with E-state index >= 15 is 0 Å². The predicted molar refractivity (Wildman–Crippen MR) is 206 cm³/mol. The van der Waals surface area contributed by atoms with Crippen LogP contribution in [0.25, 0.3) is 11.3 Å². The van der Waals surface area contributed by atoms with Crippen LogP contribution in [-0.4, -0.2) is 11.7 Å². The maximum atomic E-state index is 6.60. The van der Waals surface area contributed by atoms with Crippen molar-refractivity contribution in [3.63, 3.8) is 0 Å². The maximum absolute atomic E-state index is 6.60. The van der Waals surface area contributed by atoms with Gasteiger partial charge in [-0.25, -0.2) is 9.98 Å². The first-order valence-electron chi connectivity index (χ1n) is 17.8. The minimum Gasteiger partial charge on any atom is -0.383 e. The van der Waals surface area contributed by atoms with Crippen molar-refractivity contribution in [1.82, 2.24) is 0 Å². The normalized spacial score (nSPS) is 19.0. The third kappa shape index (κ3) is 7.21. The molecule has 0 amide bonds. The fraction of sp³-hybridized carbons (Fsp3) is 0.289. The molecule has 3 aliphatic rings. The zero-order valence-corrected chi connectivity index (χ0v) is 28.9. The number of rotatable bonds is 8. The Balaban J connectivity index is 1.36. The minimum atomic E-state index is -0.00687. The molecule has 3 nitrogen and oxygen atoms in total. The van der Waals surface area contributed by atoms with E-state index < -0.39 is 0 Å². The lowest BCUT2D eigenvalue weighted by atomic mass is 9.65. The first-order valence-corrected chi connectivity index (χ1v) is 17.8. The Hall–Kier alpha value is -4.76. The van der Waals surface area contributed by atoms with Gasteiger partial charge >= 0.3 is 0 Å². The molecule has 1 fully saturated rings. The van der Waals surface area contributed by atoms with Crippen LogP contribution in [0.4, 0.5) is 0 Å². The third-order valence-corrected chi connectivity index (χ3v) is 10.3. The Bertz CT molecular complexity index is 1830. The Labute approximate surface area is 287 Å². The van der Waals surface area contributed by atoms with Gasteiger partial charge in [0, 0.05) is 16.6 Å². The second-order valence-electron chi connectivity index (χ2n) is 13.2. The molecule has 3 aromatic rings. The molecule has 0 atom stereocenters. The van der Waals surface area contributed by atoms with Gasteiger partial charge in [0.2, 0.25) is 0 Å². The molecule has 244 valence electrons. The third-order valence-electron chi connectivity index (χ3n) is 10.3. The molecule has 0 aliphatic heterocycles. The van der Waals surface area contributed by atoms with Gasteiger partial charge in [0.15, 0.2) is 5.84 Å². The lowest BCUT2D eigenvalue weighted by Crippen LogP contribution is -2.30. The Morgan fingerprint density at radius 3 is 2.10 bits per heavy atom. The summed E-state index contributed by atoms with van der Waals surface area (Å²) in [6.07, 6.45) is 25.6. The van der Waals surface area contributed by atoms with Crippen LogP contribution in [0.1, 0.15) is 106 Å². The number of hydrogen-bond acceptors (Lipinski definition) is 1. The largest absolute Gasteiger partial charge is 0.383 e. The van der Waals surface area contributed by atoms with E-state index in [2.05, 4.69) is 111 Å². The summed E-state index contributed by atoms with van der Waals surface area (Å²) in [7, 11) is 0. The molecule has 0 bridgehead atoms. The van der Waals surface area contributed by atoms with Gasteiger partial charge in [-0.3, -0.25) is 0 Å². The Kier molecular flexibility index (Phi) is 10.7. The van der Waals surface area contributed by atoms with Crippen LogP contribution in [0.15, 0.2) is 148 Å². The highest BCUT2D eigenvalue weighted by atomic mass is 15.0. The molecule has 0 heterocycles. The van der Waals surface area contributed by atoms with Crippen molar-refractivity contribution in [3.05, 3.63) is 166 Å². The van der Waals surface area contributed by atoms with E-state index in [4.69, 9.17) is 15.7 Å². The number of nitrogens with zero attached hydrogens (tertiary/aromatic N) is 2. The van der Waals surface area contributed by atoms with E-state index in [-0.39, 0.29) is 5.41 Å². The quantitative estimate of drug-likeness (QED) is 0.195. The number of aliphatic imine (C=N–C) groups is 2. The summed E-state index contributed by atoms with van der Waals surface area (Å²) in [5.41, 5.74) is 18.8. The number of allylic oxidation sites excluding steroid dienone is 9. The molecule has 0 aromatic heterocycles. The summed E-state index contributed by atoms with van der Waals surface area (Å²) < 4.78 is 0. The van der Waals surface area contributed by atoms with Crippen molar-refractivity contribution in [2.45, 2.75) is 84.0 Å². The summed E-state index contributed by atoms with van der Waals surface area (Å²) in [6, 6.07) is 28.8. The van der Waals surface area contributed by atoms with Crippen molar-refractivity contribution in [1.29, 1.82) is 0 Å². The van der Waals surface area contributed by atoms with Crippen LogP contribution in [0.2, 0.25) is 0 Å². The van der Waals surface area contributed by atoms with Crippen LogP contribution in [-0.2, 0) is 5.41 Å². The van der Waals surface area contributed by atoms with Gasteiger partial charge in [0.1, 0.15) is 5.84 Å². The van der Waals surface area contributed by atoms with E-state index in [9.17, 15) is 0 Å². The minimum absolute atomic E-state index is 0.00687. The maximum Gasteiger partial charge on any atom is 0.162 e. The van der Waals surface area contributed by atoms with Crippen molar-refractivity contribution in [2.75, 3.05) is 0 Å². The van der Waals surface area contributed by atoms with Gasteiger partial charge < -0.3 is 5.73 Å². The summed E-state index contributed by atoms with van der Waals surface area (Å²) in [5.74, 6) is 1.12. The van der Waals surface area contributed by atoms with Crippen LogP contribution in [0.3, 0.4) is 0 Å². The number of benzene rings is 3. The van der Waals surface area contributed by atoms with E-state index in [0.29, 0.717) is 11.7 Å². The van der Waals surface area contributed by atoms with Gasteiger partial charge in [0.25, 0.3) is 0 Å². The number of nitrogens with two attached hydrogens (primary N) is 1. The molecule has 2 N–H and O–H groups in total. The number of hydrogen-bond donors (Lipinski definition) is 1. The molecule has 0 saturated heterocycles. The van der Waals surface area contributed by atoms with Crippen molar-refractivity contribution in [3.8, 4) is 0 Å². The highest BCUT2D eigenvalue weighted by Gasteiger charge is 2.35. The number of amidine groups is 2. The fourth-order valence-electron chi connectivity index (χ4n) is 7.59. The molecule has 6 rings (SSSR count). The highest BCUT2D eigenvalue weighted by molar-refractivity contribution is 6.13. The van der Waals surface area contributed by atoms with Gasteiger partial charge in [-0.05, 0) is 98.3 Å². The molecule has 1 saturated carbocycles. The average Bonchev–Trinajstić information content (AvgIpc) is 3.15. The van der Waals surface area contributed by atoms with Gasteiger partial charge in [0.05, 0.1) is 5.70 Å². The first kappa shape index (κ1) is 33.2. The first-order chi connectivity index (χ1) is 23.5. The standard InChI is InChI=1S/C45H49N3/c1-4-16-34-21-15-22-41(33(34)3)35-23-27-39(28-24-35)45(31-13-8-14-32-45)40-29-25-38(26-30-40)44(48-43(46)37-19-11-7-12-20-37)47-42(5-2)36-17-9-6-10-18-36/h4-6,9-11,16-20,22-30H,7-8,12-15,21,31-32H2,1-3H3,(H2,46,47,48)/b16-4-,42-5-. The molecule has 0 radical (unpaired) electrons. The molecule has 3 heteroatoms. The monoisotopic (exact) mass is 631 g/mol. The molecule has 0 spiro atoms. The smallest absolute Gasteiger partial charge is 0.162 e. The topological polar surface area (TPSA) is 50.7 Å². The molecule has 0 unspecified atom stereocenters. The average molecular weight is 632 g/mol. The zero-order valence-electron chi connectivity index (χ0n) is 28.9. The van der Waals surface area contributed by atoms with E-state index in [1.807, 2.05) is 31.2 Å². The lowest BCUT2D eigenvalue weighted by molar-refractivity contribution is 0.346. The SMILES string of the molecule is C/C=C\C1=C(C)C(c2ccc(C3(c4ccc(C(N=C(N)C5=CCCC=C5)=N/C(=C\C)c5ccccc5)cc4)CCCCC3)cc2)=CCC1. The Morgan fingerprint density at radius 2 is 1.46 bits per heavy atom. The fourth-order valence-corrected chi connectivity index (χ4v) is 7.59. The van der Waals surface area contributed by atoms with Crippen LogP contribution in [0.5, 0.6) is 0 Å². The lowest BCUT2D eigenvalue weighted by Gasteiger charge is -2.39. The molecule has 48 heavy (non-hydrogen) atoms. The van der Waals surface area contributed by atoms with Crippen LogP contribution < -0.4 is 5.73 Å². The molecule has 3 aromatic carbocycles. The van der Waals surface area contributed by atoms with E-state index in [0.717, 1.165) is 60.9 Å². The zero-order chi connectivity index (χ0) is 33.3. The summed E-state index contributed by atoms with van der Waals surface area (Å²) in [5, 5.41) is 0. The summed E-state index contributed by atoms with van der Waals surface area (Å²) in [6.45, 7) is 6.40. The second-order valence-corrected chi connectivity index (χ2v) is 13.2. The van der Waals surface area contributed by atoms with Crippen molar-refractivity contribution in [2.24, 2.45) is 15.7 Å². The second kappa shape index (κ2) is 15.4. The van der Waals surface area contributed by atoms with Crippen LogP contribution >= 0.6 is 0 Å². The van der Waals surface area contributed by atoms with E-state index in [1.54, 1.807) is 0 Å². The summed E-state index contributed by atoms with van der Waals surface area (Å²) in [4.78, 5) is 10.1. The molecular formula is C45H49N3.